The van der Waals surface area contributed by atoms with Gasteiger partial charge in [-0.2, -0.15) is 0 Å². The second-order valence-electron chi connectivity index (χ2n) is 9.46. The van der Waals surface area contributed by atoms with Crippen molar-refractivity contribution in [1.29, 1.82) is 0 Å². The summed E-state index contributed by atoms with van der Waals surface area (Å²) in [5, 5.41) is 15.2. The zero-order valence-electron chi connectivity index (χ0n) is 21.4. The van der Waals surface area contributed by atoms with Crippen molar-refractivity contribution in [2.24, 2.45) is 0 Å². The topological polar surface area (TPSA) is 61.6 Å². The molecule has 6 rings (SSSR count). The second-order valence-corrected chi connectivity index (χ2v) is 9.46. The molecule has 5 aromatic carbocycles. The number of rotatable bonds is 3. The van der Waals surface area contributed by atoms with Crippen LogP contribution in [0.15, 0.2) is 97.1 Å². The van der Waals surface area contributed by atoms with Crippen molar-refractivity contribution in [3.8, 4) is 24.2 Å². The Morgan fingerprint density at radius 1 is 0.692 bits per heavy atom. The van der Waals surface area contributed by atoms with E-state index in [4.69, 9.17) is 15.9 Å². The fourth-order valence-corrected chi connectivity index (χ4v) is 5.60. The molecule has 5 heteroatoms. The van der Waals surface area contributed by atoms with Gasteiger partial charge in [0.25, 0.3) is 5.69 Å². The number of nitrogens with zero attached hydrogens (tertiary/aromatic N) is 1. The molecule has 5 aromatic rings. The molecule has 1 aliphatic rings. The number of non-ortho nitro benzene ring substituents is 1. The van der Waals surface area contributed by atoms with Crippen molar-refractivity contribution >= 4 is 27.2 Å². The fourth-order valence-electron chi connectivity index (χ4n) is 5.60. The van der Waals surface area contributed by atoms with Crippen LogP contribution in [0.5, 0.6) is 0 Å². The molecule has 0 aliphatic heterocycles. The van der Waals surface area contributed by atoms with E-state index in [1.54, 1.807) is 26.4 Å². The van der Waals surface area contributed by atoms with Gasteiger partial charge >= 0.3 is 0 Å². The summed E-state index contributed by atoms with van der Waals surface area (Å²) >= 11 is 0. The number of ether oxygens (including phenoxy) is 2. The molecule has 0 radical (unpaired) electrons. The van der Waals surface area contributed by atoms with Crippen LogP contribution in [0, 0.1) is 34.3 Å². The van der Waals surface area contributed by atoms with Crippen molar-refractivity contribution in [3.05, 3.63) is 135 Å². The number of benzene rings is 5. The zero-order chi connectivity index (χ0) is 27.2. The maximum absolute atomic E-state index is 11.1. The highest BCUT2D eigenvalue weighted by atomic mass is 16.6. The third-order valence-corrected chi connectivity index (χ3v) is 7.57. The highest BCUT2D eigenvalue weighted by Gasteiger charge is 2.51. The Hall–Kier alpha value is -4.94. The largest absolute Gasteiger partial charge is 0.357 e. The smallest absolute Gasteiger partial charge is 0.269 e. The molecule has 0 saturated heterocycles. The first kappa shape index (κ1) is 24.4. The number of nitro groups is 1. The number of terminal acetylenes is 1. The van der Waals surface area contributed by atoms with Gasteiger partial charge in [0.2, 0.25) is 0 Å². The van der Waals surface area contributed by atoms with E-state index in [0.29, 0.717) is 5.56 Å². The van der Waals surface area contributed by atoms with Gasteiger partial charge in [0, 0.05) is 54.2 Å². The zero-order valence-corrected chi connectivity index (χ0v) is 21.4. The van der Waals surface area contributed by atoms with Crippen LogP contribution in [0.4, 0.5) is 5.69 Å². The molecule has 0 spiro atoms. The minimum atomic E-state index is -1.20. The van der Waals surface area contributed by atoms with E-state index >= 15 is 0 Å². The highest BCUT2D eigenvalue weighted by molar-refractivity contribution is 5.90. The summed E-state index contributed by atoms with van der Waals surface area (Å²) in [7, 11) is 3.26. The molecule has 188 valence electrons. The van der Waals surface area contributed by atoms with E-state index in [2.05, 4.69) is 42.0 Å². The van der Waals surface area contributed by atoms with Gasteiger partial charge in [0.05, 0.1) is 4.92 Å². The summed E-state index contributed by atoms with van der Waals surface area (Å²) in [4.78, 5) is 10.7. The van der Waals surface area contributed by atoms with Crippen LogP contribution >= 0.6 is 0 Å². The molecule has 0 heterocycles. The van der Waals surface area contributed by atoms with Crippen LogP contribution in [0.2, 0.25) is 0 Å². The van der Waals surface area contributed by atoms with E-state index in [0.717, 1.165) is 43.8 Å². The third kappa shape index (κ3) is 3.60. The summed E-state index contributed by atoms with van der Waals surface area (Å²) in [6.45, 7) is 0. The normalized spacial score (nSPS) is 19.4. The predicted octanol–water partition coefficient (Wildman–Crippen LogP) is 6.68. The Bertz CT molecular complexity index is 1800. The Morgan fingerprint density at radius 3 is 1.46 bits per heavy atom. The molecular formula is C34H23NO4. The highest BCUT2D eigenvalue weighted by Crippen LogP contribution is 2.52. The van der Waals surface area contributed by atoms with Crippen molar-refractivity contribution in [2.75, 3.05) is 14.2 Å². The lowest BCUT2D eigenvalue weighted by Crippen LogP contribution is -2.43. The van der Waals surface area contributed by atoms with E-state index in [9.17, 15) is 10.1 Å². The first-order valence-electron chi connectivity index (χ1n) is 12.4. The molecule has 0 aromatic heterocycles. The first-order chi connectivity index (χ1) is 19.0. The molecule has 0 bridgehead atoms. The lowest BCUT2D eigenvalue weighted by molar-refractivity contribution is -0.384. The molecule has 0 fully saturated rings. The molecule has 0 atom stereocenters. The molecule has 0 amide bonds. The van der Waals surface area contributed by atoms with Crippen molar-refractivity contribution in [3.63, 3.8) is 0 Å². The minimum Gasteiger partial charge on any atom is -0.357 e. The van der Waals surface area contributed by atoms with Gasteiger partial charge in [-0.25, -0.2) is 0 Å². The van der Waals surface area contributed by atoms with Crippen LogP contribution in [-0.2, 0) is 20.7 Å². The molecule has 0 saturated carbocycles. The van der Waals surface area contributed by atoms with Gasteiger partial charge in [-0.05, 0) is 57.9 Å². The Labute approximate surface area is 226 Å². The maximum atomic E-state index is 11.1. The summed E-state index contributed by atoms with van der Waals surface area (Å²) in [5.74, 6) is 9.61. The van der Waals surface area contributed by atoms with Crippen LogP contribution in [0.25, 0.3) is 21.5 Å². The third-order valence-electron chi connectivity index (χ3n) is 7.57. The lowest BCUT2D eigenvalue weighted by Gasteiger charge is -2.44. The second kappa shape index (κ2) is 9.11. The lowest BCUT2D eigenvalue weighted by atomic mass is 9.66. The SMILES string of the molecule is C#CC1(OC)c2cc3ccccc3cc2C(C#Cc2ccc([N+](=O)[O-])cc2)(OC)c2cc3ccccc3cc21. The van der Waals surface area contributed by atoms with E-state index in [1.165, 1.54) is 12.1 Å². The van der Waals surface area contributed by atoms with Gasteiger partial charge in [0.1, 0.15) is 0 Å². The van der Waals surface area contributed by atoms with Crippen LogP contribution in [-0.4, -0.2) is 19.1 Å². The number of fused-ring (bicyclic) bond motifs is 4. The van der Waals surface area contributed by atoms with Crippen LogP contribution in [0.1, 0.15) is 27.8 Å². The summed E-state index contributed by atoms with van der Waals surface area (Å²) in [5.41, 5.74) is 1.42. The van der Waals surface area contributed by atoms with Gasteiger partial charge in [0.15, 0.2) is 11.2 Å². The van der Waals surface area contributed by atoms with Gasteiger partial charge in [-0.1, -0.05) is 66.3 Å². The number of hydrogen-bond donors (Lipinski definition) is 0. The number of nitro benzene ring substituents is 1. The Balaban J connectivity index is 1.72. The van der Waals surface area contributed by atoms with Gasteiger partial charge in [-0.15, -0.1) is 6.42 Å². The van der Waals surface area contributed by atoms with E-state index < -0.39 is 16.1 Å². The van der Waals surface area contributed by atoms with Crippen molar-refractivity contribution in [2.45, 2.75) is 11.2 Å². The maximum Gasteiger partial charge on any atom is 0.269 e. The molecule has 5 nitrogen and oxygen atoms in total. The molecule has 0 unspecified atom stereocenters. The Kier molecular flexibility index (Phi) is 5.70. The van der Waals surface area contributed by atoms with Gasteiger partial charge in [-0.3, -0.25) is 10.1 Å². The van der Waals surface area contributed by atoms with Crippen molar-refractivity contribution in [1.82, 2.24) is 0 Å². The van der Waals surface area contributed by atoms with Gasteiger partial charge < -0.3 is 9.47 Å². The van der Waals surface area contributed by atoms with Crippen molar-refractivity contribution < 1.29 is 14.4 Å². The number of methoxy groups -OCH3 is 2. The summed E-state index contributed by atoms with van der Waals surface area (Å²) in [6.07, 6.45) is 6.29. The first-order valence-corrected chi connectivity index (χ1v) is 12.4. The quantitative estimate of drug-likeness (QED) is 0.155. The molecule has 1 aliphatic carbocycles. The van der Waals surface area contributed by atoms with E-state index in [1.807, 2.05) is 48.5 Å². The monoisotopic (exact) mass is 509 g/mol. The molecular weight excluding hydrogens is 486 g/mol. The van der Waals surface area contributed by atoms with E-state index in [-0.39, 0.29) is 5.69 Å². The Morgan fingerprint density at radius 2 is 1.10 bits per heavy atom. The molecule has 39 heavy (non-hydrogen) atoms. The van der Waals surface area contributed by atoms with Crippen LogP contribution in [0.3, 0.4) is 0 Å². The minimum absolute atomic E-state index is 0.00667. The van der Waals surface area contributed by atoms with Crippen LogP contribution < -0.4 is 0 Å². The average molecular weight is 510 g/mol. The summed E-state index contributed by atoms with van der Waals surface area (Å²) < 4.78 is 12.6. The summed E-state index contributed by atoms with van der Waals surface area (Å²) in [6, 6.07) is 30.6. The fraction of sp³-hybridized carbons (Fsp3) is 0.118. The average Bonchev–Trinajstić information content (AvgIpc) is 2.98. The predicted molar refractivity (Wildman–Crippen MR) is 152 cm³/mol. The molecule has 0 N–H and O–H groups in total. The standard InChI is InChI=1S/C34H23NO4/c1-4-33(38-2)29-19-24-9-5-7-11-26(24)21-31(29)34(39-3,18-17-23-13-15-28(16-14-23)35(36)37)32-22-27-12-8-6-10-25(27)20-30(32)33/h1,5-16,19-22H,2-3H3. The number of hydrogen-bond acceptors (Lipinski definition) is 4.